The van der Waals surface area contributed by atoms with Gasteiger partial charge in [0, 0.05) is 0 Å². The average molecular weight is 377 g/mol. The van der Waals surface area contributed by atoms with Crippen LogP contribution in [0.15, 0.2) is 59.8 Å². The zero-order valence-corrected chi connectivity index (χ0v) is 15.3. The maximum Gasteiger partial charge on any atom is 0.337 e. The molecule has 2 aromatic carbocycles. The van der Waals surface area contributed by atoms with Gasteiger partial charge in [-0.15, -0.1) is 0 Å². The van der Waals surface area contributed by atoms with E-state index in [1.54, 1.807) is 31.2 Å². The number of hydrogen-bond donors (Lipinski definition) is 2. The van der Waals surface area contributed by atoms with Crippen LogP contribution in [0.25, 0.3) is 11.1 Å². The third kappa shape index (κ3) is 4.48. The Morgan fingerprint density at radius 1 is 1.11 bits per heavy atom. The molecule has 7 nitrogen and oxygen atoms in total. The second-order valence-corrected chi connectivity index (χ2v) is 5.99. The van der Waals surface area contributed by atoms with E-state index in [1.165, 1.54) is 0 Å². The zero-order chi connectivity index (χ0) is 19.9. The largest absolute Gasteiger partial charge is 0.487 e. The molecule has 0 spiro atoms. The summed E-state index contributed by atoms with van der Waals surface area (Å²) in [5, 5.41) is 14.0. The second-order valence-electron chi connectivity index (χ2n) is 5.99. The van der Waals surface area contributed by atoms with Crippen LogP contribution in [-0.4, -0.2) is 31.8 Å². The van der Waals surface area contributed by atoms with Crippen LogP contribution in [0.5, 0.6) is 5.75 Å². The fourth-order valence-corrected chi connectivity index (χ4v) is 2.71. The molecule has 1 heterocycles. The fraction of sp³-hybridized carbons (Fsp3) is 0.190. The lowest BCUT2D eigenvalue weighted by atomic mass is 10.0. The van der Waals surface area contributed by atoms with E-state index in [2.05, 4.69) is 16.7 Å². The molecule has 2 N–H and O–H groups in total. The van der Waals surface area contributed by atoms with Gasteiger partial charge in [-0.2, -0.15) is 5.26 Å². The molecule has 1 aliphatic rings. The van der Waals surface area contributed by atoms with E-state index in [4.69, 9.17) is 14.7 Å². The number of nitrogens with one attached hydrogen (secondary N) is 2. The first-order valence-electron chi connectivity index (χ1n) is 8.78. The first-order chi connectivity index (χ1) is 13.6. The lowest BCUT2D eigenvalue weighted by Gasteiger charge is -2.21. The van der Waals surface area contributed by atoms with Gasteiger partial charge in [0.25, 0.3) is 0 Å². The van der Waals surface area contributed by atoms with Gasteiger partial charge in [-0.05, 0) is 42.3 Å². The average Bonchev–Trinajstić information content (AvgIpc) is 2.73. The summed E-state index contributed by atoms with van der Waals surface area (Å²) in [4.78, 5) is 23.6. The number of hydrogen-bond acceptors (Lipinski definition) is 5. The molecule has 2 aromatic rings. The van der Waals surface area contributed by atoms with E-state index in [-0.39, 0.29) is 25.8 Å². The summed E-state index contributed by atoms with van der Waals surface area (Å²) in [6.45, 7) is 2.11. The van der Waals surface area contributed by atoms with Gasteiger partial charge in [0.15, 0.2) is 0 Å². The number of rotatable bonds is 6. The first-order valence-corrected chi connectivity index (χ1v) is 8.78. The fourth-order valence-electron chi connectivity index (χ4n) is 2.71. The molecule has 28 heavy (non-hydrogen) atoms. The van der Waals surface area contributed by atoms with Crippen LogP contribution >= 0.6 is 0 Å². The summed E-state index contributed by atoms with van der Waals surface area (Å²) in [7, 11) is 0. The highest BCUT2D eigenvalue weighted by atomic mass is 16.5. The van der Waals surface area contributed by atoms with Crippen molar-refractivity contribution in [3.8, 4) is 22.9 Å². The molecule has 3 rings (SSSR count). The molecule has 142 valence electrons. The van der Waals surface area contributed by atoms with Crippen molar-refractivity contribution in [1.82, 2.24) is 10.6 Å². The molecule has 0 radical (unpaired) electrons. The van der Waals surface area contributed by atoms with Crippen LogP contribution in [0.3, 0.4) is 0 Å². The summed E-state index contributed by atoms with van der Waals surface area (Å²) in [6.07, 6.45) is 0. The van der Waals surface area contributed by atoms with Gasteiger partial charge in [-0.3, -0.25) is 0 Å². The topological polar surface area (TPSA) is 100 Å². The first kappa shape index (κ1) is 19.0. The van der Waals surface area contributed by atoms with E-state index in [1.807, 2.05) is 24.3 Å². The van der Waals surface area contributed by atoms with E-state index in [0.29, 0.717) is 22.6 Å². The van der Waals surface area contributed by atoms with Gasteiger partial charge in [-0.1, -0.05) is 24.3 Å². The van der Waals surface area contributed by atoms with E-state index in [0.717, 1.165) is 11.1 Å². The van der Waals surface area contributed by atoms with Crippen molar-refractivity contribution >= 4 is 12.0 Å². The van der Waals surface area contributed by atoms with Gasteiger partial charge in [-0.25, -0.2) is 9.59 Å². The molecule has 0 bridgehead atoms. The molecule has 0 fully saturated rings. The maximum absolute atomic E-state index is 12.0. The summed E-state index contributed by atoms with van der Waals surface area (Å²) in [5.74, 6) is 0.116. The van der Waals surface area contributed by atoms with Crippen LogP contribution < -0.4 is 15.4 Å². The van der Waals surface area contributed by atoms with Crippen LogP contribution in [0.4, 0.5) is 4.79 Å². The molecule has 0 unspecified atom stereocenters. The lowest BCUT2D eigenvalue weighted by Crippen LogP contribution is -2.45. The number of benzene rings is 2. The number of carbonyl (C=O) groups excluding carboxylic acids is 2. The summed E-state index contributed by atoms with van der Waals surface area (Å²) in [5.41, 5.74) is 3.31. The lowest BCUT2D eigenvalue weighted by molar-refractivity contribution is -0.138. The monoisotopic (exact) mass is 377 g/mol. The molecule has 1 aliphatic heterocycles. The Morgan fingerprint density at radius 3 is 2.36 bits per heavy atom. The smallest absolute Gasteiger partial charge is 0.337 e. The second kappa shape index (κ2) is 8.73. The Morgan fingerprint density at radius 2 is 1.75 bits per heavy atom. The normalized spacial score (nSPS) is 13.2. The van der Waals surface area contributed by atoms with Crippen molar-refractivity contribution in [3.05, 3.63) is 65.4 Å². The minimum Gasteiger partial charge on any atom is -0.487 e. The van der Waals surface area contributed by atoms with E-state index >= 15 is 0 Å². The molecule has 0 saturated carbocycles. The predicted octanol–water partition coefficient (Wildman–Crippen LogP) is 2.73. The predicted molar refractivity (Wildman–Crippen MR) is 102 cm³/mol. The highest BCUT2D eigenvalue weighted by molar-refractivity contribution is 5.93. The van der Waals surface area contributed by atoms with Crippen LogP contribution in [-0.2, 0) is 9.53 Å². The van der Waals surface area contributed by atoms with Crippen molar-refractivity contribution in [2.75, 3.05) is 19.8 Å². The van der Waals surface area contributed by atoms with Gasteiger partial charge in [0.05, 0.1) is 36.1 Å². The number of nitriles is 1. The maximum atomic E-state index is 12.0. The third-order valence-electron chi connectivity index (χ3n) is 4.16. The number of ether oxygens (including phenoxy) is 2. The Kier molecular flexibility index (Phi) is 5.92. The number of esters is 1. The zero-order valence-electron chi connectivity index (χ0n) is 15.3. The van der Waals surface area contributed by atoms with Gasteiger partial charge in [0.2, 0.25) is 0 Å². The Bertz CT molecular complexity index is 941. The van der Waals surface area contributed by atoms with Crippen molar-refractivity contribution < 1.29 is 19.1 Å². The number of amides is 2. The van der Waals surface area contributed by atoms with Gasteiger partial charge in [0.1, 0.15) is 12.4 Å². The summed E-state index contributed by atoms with van der Waals surface area (Å²) >= 11 is 0. The molecule has 0 aliphatic carbocycles. The minimum absolute atomic E-state index is 0.0395. The van der Waals surface area contributed by atoms with Crippen LogP contribution in [0.1, 0.15) is 12.5 Å². The number of nitrogens with zero attached hydrogens (tertiary/aromatic N) is 1. The molecule has 0 aromatic heterocycles. The summed E-state index contributed by atoms with van der Waals surface area (Å²) in [6, 6.07) is 16.4. The van der Waals surface area contributed by atoms with Crippen molar-refractivity contribution in [3.63, 3.8) is 0 Å². The number of urea groups is 1. The highest BCUT2D eigenvalue weighted by Gasteiger charge is 2.23. The standard InChI is InChI=1S/C21H19N3O4/c1-2-27-20(25)18-12-23-21(26)24-19(18)13-28-17-9-7-16(8-10-17)15-5-3-14(11-22)4-6-15/h3-10H,2,12-13H2,1H3,(H2,23,24,26). The number of carbonyl (C=O) groups is 2. The van der Waals surface area contributed by atoms with E-state index in [9.17, 15) is 9.59 Å². The molecule has 0 saturated heterocycles. The molecule has 2 amide bonds. The van der Waals surface area contributed by atoms with Crippen LogP contribution in [0.2, 0.25) is 0 Å². The molecule has 0 atom stereocenters. The van der Waals surface area contributed by atoms with Crippen molar-refractivity contribution in [2.24, 2.45) is 0 Å². The molecular weight excluding hydrogens is 358 g/mol. The Hall–Kier alpha value is -3.79. The molecular formula is C21H19N3O4. The van der Waals surface area contributed by atoms with Gasteiger partial charge < -0.3 is 20.1 Å². The third-order valence-corrected chi connectivity index (χ3v) is 4.16. The van der Waals surface area contributed by atoms with Crippen molar-refractivity contribution in [2.45, 2.75) is 6.92 Å². The quantitative estimate of drug-likeness (QED) is 0.754. The highest BCUT2D eigenvalue weighted by Crippen LogP contribution is 2.23. The van der Waals surface area contributed by atoms with Crippen LogP contribution in [0, 0.1) is 11.3 Å². The van der Waals surface area contributed by atoms with E-state index < -0.39 is 5.97 Å². The molecule has 7 heteroatoms. The Labute approximate surface area is 162 Å². The SMILES string of the molecule is CCOC(=O)C1=C(COc2ccc(-c3ccc(C#N)cc3)cc2)NC(=O)NC1. The minimum atomic E-state index is -0.482. The Balaban J connectivity index is 1.70. The van der Waals surface area contributed by atoms with Gasteiger partial charge >= 0.3 is 12.0 Å². The van der Waals surface area contributed by atoms with Crippen molar-refractivity contribution in [1.29, 1.82) is 5.26 Å². The summed E-state index contributed by atoms with van der Waals surface area (Å²) < 4.78 is 10.7.